The number of aromatic nitrogens is 1. The van der Waals surface area contributed by atoms with Gasteiger partial charge in [0.15, 0.2) is 0 Å². The van der Waals surface area contributed by atoms with Crippen LogP contribution in [0.25, 0.3) is 10.9 Å². The number of amides is 1. The highest BCUT2D eigenvalue weighted by Crippen LogP contribution is 2.35. The number of fused-ring (bicyclic) bond motifs is 1. The third-order valence-electron chi connectivity index (χ3n) is 5.90. The number of ether oxygens (including phenoxy) is 1. The van der Waals surface area contributed by atoms with Crippen molar-refractivity contribution in [3.05, 3.63) is 29.5 Å². The van der Waals surface area contributed by atoms with Crippen LogP contribution in [0.5, 0.6) is 5.75 Å². The number of anilines is 1. The number of nitrogens with zero attached hydrogens (tertiary/aromatic N) is 1. The van der Waals surface area contributed by atoms with Crippen molar-refractivity contribution in [3.8, 4) is 5.75 Å². The molecule has 0 spiro atoms. The normalized spacial score (nSPS) is 19.5. The Morgan fingerprint density at radius 2 is 1.90 bits per heavy atom. The van der Waals surface area contributed by atoms with E-state index in [-0.39, 0.29) is 29.3 Å². The maximum absolute atomic E-state index is 12.4. The van der Waals surface area contributed by atoms with Crippen molar-refractivity contribution in [2.45, 2.75) is 64.1 Å². The summed E-state index contributed by atoms with van der Waals surface area (Å²) in [5.74, 6) is -0.572. The molecule has 0 saturated heterocycles. The number of benzene rings is 1. The van der Waals surface area contributed by atoms with E-state index in [9.17, 15) is 14.7 Å². The van der Waals surface area contributed by atoms with Gasteiger partial charge >= 0.3 is 5.97 Å². The number of nitrogens with two attached hydrogens (primary N) is 1. The van der Waals surface area contributed by atoms with Crippen LogP contribution in [0.4, 0.5) is 5.69 Å². The molecule has 3 rings (SSSR count). The number of likely N-dealkylation sites (N-methyl/N-ethyl adjacent to an activating group) is 1. The Balaban J connectivity index is 1.73. The van der Waals surface area contributed by atoms with Crippen LogP contribution in [-0.2, 0) is 4.79 Å². The number of hydrogen-bond donors (Lipinski definition) is 4. The third kappa shape index (κ3) is 4.33. The van der Waals surface area contributed by atoms with Crippen molar-refractivity contribution >= 4 is 28.5 Å². The predicted molar refractivity (Wildman–Crippen MR) is 116 cm³/mol. The number of hydrogen-bond acceptors (Lipinski definition) is 6. The van der Waals surface area contributed by atoms with E-state index in [2.05, 4.69) is 15.6 Å². The molecular weight excluding hydrogens is 384 g/mol. The number of carboxylic acids is 1. The van der Waals surface area contributed by atoms with Gasteiger partial charge in [0, 0.05) is 6.04 Å². The fourth-order valence-electron chi connectivity index (χ4n) is 3.79. The molecule has 0 radical (unpaired) electrons. The van der Waals surface area contributed by atoms with E-state index in [1.54, 1.807) is 26.1 Å². The van der Waals surface area contributed by atoms with Gasteiger partial charge in [0.05, 0.1) is 33.9 Å². The van der Waals surface area contributed by atoms with E-state index in [1.807, 2.05) is 19.9 Å². The summed E-state index contributed by atoms with van der Waals surface area (Å²) in [6.07, 6.45) is 3.16. The molecule has 8 nitrogen and oxygen atoms in total. The zero-order valence-electron chi connectivity index (χ0n) is 17.9. The summed E-state index contributed by atoms with van der Waals surface area (Å²) in [5, 5.41) is 16.2. The molecule has 2 aromatic rings. The standard InChI is InChI=1S/C22H30N4O4/c1-12-17(20(27)28)19(23)18-15(25-12)6-5-7-16(18)30-14-10-8-13(9-11-14)26-21(29)22(2,3)24-4/h5-7,13-14,24H,8-11H2,1-4H3,(H2,23,25)(H,26,29)(H,27,28)/t13-,14-. The lowest BCUT2D eigenvalue weighted by Crippen LogP contribution is -2.54. The maximum Gasteiger partial charge on any atom is 0.339 e. The second-order valence-corrected chi connectivity index (χ2v) is 8.38. The number of aromatic carboxylic acids is 1. The molecular formula is C22H30N4O4. The largest absolute Gasteiger partial charge is 0.490 e. The van der Waals surface area contributed by atoms with Gasteiger partial charge in [-0.15, -0.1) is 0 Å². The smallest absolute Gasteiger partial charge is 0.339 e. The molecule has 1 heterocycles. The first-order valence-electron chi connectivity index (χ1n) is 10.2. The van der Waals surface area contributed by atoms with Crippen LogP contribution in [0.3, 0.4) is 0 Å². The SMILES string of the molecule is CNC(C)(C)C(=O)N[C@H]1CC[C@H](Oc2cccc3nc(C)c(C(=O)O)c(N)c23)CC1. The van der Waals surface area contributed by atoms with Crippen molar-refractivity contribution in [2.24, 2.45) is 0 Å². The Bertz CT molecular complexity index is 965. The maximum atomic E-state index is 12.4. The van der Waals surface area contributed by atoms with Gasteiger partial charge < -0.3 is 26.2 Å². The number of carbonyl (C=O) groups excluding carboxylic acids is 1. The van der Waals surface area contributed by atoms with Gasteiger partial charge in [-0.3, -0.25) is 9.78 Å². The zero-order chi connectivity index (χ0) is 22.1. The van der Waals surface area contributed by atoms with Gasteiger partial charge in [-0.1, -0.05) is 6.07 Å². The molecule has 1 aliphatic rings. The molecule has 1 aromatic carbocycles. The molecule has 8 heteroatoms. The number of aryl methyl sites for hydroxylation is 1. The summed E-state index contributed by atoms with van der Waals surface area (Å²) in [5.41, 5.74) is 6.77. The van der Waals surface area contributed by atoms with Crippen LogP contribution in [-0.4, -0.2) is 46.7 Å². The second kappa shape index (κ2) is 8.47. The summed E-state index contributed by atoms with van der Waals surface area (Å²) >= 11 is 0. The molecule has 1 aromatic heterocycles. The van der Waals surface area contributed by atoms with Gasteiger partial charge in [0.1, 0.15) is 11.3 Å². The third-order valence-corrected chi connectivity index (χ3v) is 5.90. The molecule has 30 heavy (non-hydrogen) atoms. The Labute approximate surface area is 176 Å². The molecule has 1 amide bonds. The predicted octanol–water partition coefficient (Wildman–Crippen LogP) is 2.63. The van der Waals surface area contributed by atoms with E-state index in [4.69, 9.17) is 10.5 Å². The molecule has 0 aliphatic heterocycles. The molecule has 162 valence electrons. The minimum Gasteiger partial charge on any atom is -0.490 e. The topological polar surface area (TPSA) is 127 Å². The van der Waals surface area contributed by atoms with Crippen LogP contribution >= 0.6 is 0 Å². The quantitative estimate of drug-likeness (QED) is 0.572. The molecule has 0 bridgehead atoms. The highest BCUT2D eigenvalue weighted by atomic mass is 16.5. The Kier molecular flexibility index (Phi) is 6.17. The van der Waals surface area contributed by atoms with E-state index in [1.165, 1.54) is 0 Å². The lowest BCUT2D eigenvalue weighted by molar-refractivity contribution is -0.127. The lowest BCUT2D eigenvalue weighted by atomic mass is 9.92. The summed E-state index contributed by atoms with van der Waals surface area (Å²) in [6.45, 7) is 5.34. The number of nitrogens with one attached hydrogen (secondary N) is 2. The van der Waals surface area contributed by atoms with Gasteiger partial charge in [-0.05, 0) is 65.6 Å². The van der Waals surface area contributed by atoms with E-state index >= 15 is 0 Å². The van der Waals surface area contributed by atoms with Crippen LogP contribution in [0.2, 0.25) is 0 Å². The van der Waals surface area contributed by atoms with Gasteiger partial charge in [-0.25, -0.2) is 4.79 Å². The van der Waals surface area contributed by atoms with Crippen molar-refractivity contribution in [1.82, 2.24) is 15.6 Å². The van der Waals surface area contributed by atoms with Gasteiger partial charge in [0.2, 0.25) is 5.91 Å². The molecule has 1 fully saturated rings. The summed E-state index contributed by atoms with van der Waals surface area (Å²) < 4.78 is 6.23. The molecule has 1 saturated carbocycles. The molecule has 5 N–H and O–H groups in total. The molecule has 0 unspecified atom stereocenters. The lowest BCUT2D eigenvalue weighted by Gasteiger charge is -2.32. The average Bonchev–Trinajstić information content (AvgIpc) is 2.69. The first-order chi connectivity index (χ1) is 14.1. The Morgan fingerprint density at radius 3 is 2.50 bits per heavy atom. The summed E-state index contributed by atoms with van der Waals surface area (Å²) in [7, 11) is 1.77. The average molecular weight is 415 g/mol. The van der Waals surface area contributed by atoms with E-state index < -0.39 is 11.5 Å². The van der Waals surface area contributed by atoms with Gasteiger partial charge in [-0.2, -0.15) is 0 Å². The first kappa shape index (κ1) is 21.8. The number of rotatable bonds is 6. The zero-order valence-corrected chi connectivity index (χ0v) is 17.9. The van der Waals surface area contributed by atoms with Crippen LogP contribution in [0.1, 0.15) is 55.6 Å². The Hall–Kier alpha value is -2.87. The van der Waals surface area contributed by atoms with Crippen LogP contribution < -0.4 is 21.1 Å². The number of pyridine rings is 1. The highest BCUT2D eigenvalue weighted by molar-refractivity contribution is 6.06. The Morgan fingerprint density at radius 1 is 1.23 bits per heavy atom. The number of carbonyl (C=O) groups is 2. The van der Waals surface area contributed by atoms with Crippen molar-refractivity contribution in [1.29, 1.82) is 0 Å². The second-order valence-electron chi connectivity index (χ2n) is 8.38. The minimum absolute atomic E-state index is 0.0112. The minimum atomic E-state index is -1.10. The number of nitrogen functional groups attached to an aromatic ring is 1. The fraction of sp³-hybridized carbons (Fsp3) is 0.500. The van der Waals surface area contributed by atoms with Crippen LogP contribution in [0, 0.1) is 6.92 Å². The first-order valence-corrected chi connectivity index (χ1v) is 10.2. The van der Waals surface area contributed by atoms with Crippen molar-refractivity contribution < 1.29 is 19.4 Å². The van der Waals surface area contributed by atoms with Crippen LogP contribution in [0.15, 0.2) is 18.2 Å². The van der Waals surface area contributed by atoms with Gasteiger partial charge in [0.25, 0.3) is 0 Å². The molecule has 0 atom stereocenters. The monoisotopic (exact) mass is 414 g/mol. The summed E-state index contributed by atoms with van der Waals surface area (Å²) in [6, 6.07) is 5.54. The fourth-order valence-corrected chi connectivity index (χ4v) is 3.79. The summed E-state index contributed by atoms with van der Waals surface area (Å²) in [4.78, 5) is 28.4. The van der Waals surface area contributed by atoms with Crippen molar-refractivity contribution in [2.75, 3.05) is 12.8 Å². The highest BCUT2D eigenvalue weighted by Gasteiger charge is 2.30. The van der Waals surface area contributed by atoms with E-state index in [0.29, 0.717) is 22.3 Å². The van der Waals surface area contributed by atoms with Crippen molar-refractivity contribution in [3.63, 3.8) is 0 Å². The van der Waals surface area contributed by atoms with E-state index in [0.717, 1.165) is 25.7 Å². The number of carboxylic acid groups (broad SMARTS) is 1. The molecule has 1 aliphatic carbocycles.